The highest BCUT2D eigenvalue weighted by Crippen LogP contribution is 2.36. The molecule has 0 N–H and O–H groups in total. The second kappa shape index (κ2) is 8.46. The summed E-state index contributed by atoms with van der Waals surface area (Å²) < 4.78 is 15.4. The Kier molecular flexibility index (Phi) is 6.00. The van der Waals surface area contributed by atoms with Crippen LogP contribution in [0, 0.1) is 11.8 Å². The highest BCUT2D eigenvalue weighted by atomic mass is 16.5. The van der Waals surface area contributed by atoms with E-state index in [1.807, 2.05) is 12.2 Å². The molecular formula is C21H23NO7. The number of carbonyl (C=O) groups is 4. The summed E-state index contributed by atoms with van der Waals surface area (Å²) >= 11 is 0. The zero-order valence-corrected chi connectivity index (χ0v) is 16.5. The highest BCUT2D eigenvalue weighted by Gasteiger charge is 2.50. The van der Waals surface area contributed by atoms with E-state index in [2.05, 4.69) is 0 Å². The topological polar surface area (TPSA) is 99.2 Å². The molecule has 3 rings (SSSR count). The van der Waals surface area contributed by atoms with Crippen molar-refractivity contribution in [2.45, 2.75) is 25.8 Å². The lowest BCUT2D eigenvalue weighted by molar-refractivity contribution is -0.157. The number of benzene rings is 1. The number of carbonyl (C=O) groups excluding carboxylic acids is 4. The zero-order valence-electron chi connectivity index (χ0n) is 16.5. The van der Waals surface area contributed by atoms with E-state index in [1.165, 1.54) is 27.2 Å². The Morgan fingerprint density at radius 1 is 1.07 bits per heavy atom. The van der Waals surface area contributed by atoms with Crippen LogP contribution >= 0.6 is 0 Å². The Labute approximate surface area is 168 Å². The molecule has 1 aliphatic heterocycles. The van der Waals surface area contributed by atoms with Crippen molar-refractivity contribution in [1.29, 1.82) is 0 Å². The number of rotatable bonds is 7. The number of hydrogen-bond donors (Lipinski definition) is 0. The Hall–Kier alpha value is -3.16. The number of methoxy groups -OCH3 is 2. The lowest BCUT2D eigenvalue weighted by atomic mass is 9.85. The van der Waals surface area contributed by atoms with Crippen LogP contribution in [0.1, 0.15) is 30.1 Å². The number of imide groups is 1. The number of nitrogens with zero attached hydrogens (tertiary/aromatic N) is 1. The molecule has 1 saturated heterocycles. The lowest BCUT2D eigenvalue weighted by Gasteiger charge is -2.21. The summed E-state index contributed by atoms with van der Waals surface area (Å²) in [7, 11) is 2.91. The van der Waals surface area contributed by atoms with Gasteiger partial charge in [-0.15, -0.1) is 0 Å². The third-order valence-electron chi connectivity index (χ3n) is 5.32. The van der Waals surface area contributed by atoms with Gasteiger partial charge in [0.15, 0.2) is 6.61 Å². The molecule has 1 fully saturated rings. The van der Waals surface area contributed by atoms with Crippen LogP contribution in [0.3, 0.4) is 0 Å². The Bertz CT molecular complexity index is 850. The van der Waals surface area contributed by atoms with Gasteiger partial charge in [-0.25, -0.2) is 4.79 Å². The van der Waals surface area contributed by atoms with Crippen LogP contribution in [-0.4, -0.2) is 55.3 Å². The third kappa shape index (κ3) is 3.87. The number of amides is 2. The van der Waals surface area contributed by atoms with Gasteiger partial charge in [0.1, 0.15) is 17.5 Å². The van der Waals surface area contributed by atoms with Crippen LogP contribution in [0.15, 0.2) is 30.4 Å². The van der Waals surface area contributed by atoms with Gasteiger partial charge in [0.05, 0.1) is 31.6 Å². The first-order valence-electron chi connectivity index (χ1n) is 9.32. The lowest BCUT2D eigenvalue weighted by Crippen LogP contribution is -2.44. The molecule has 1 aromatic carbocycles. The van der Waals surface area contributed by atoms with Gasteiger partial charge < -0.3 is 14.2 Å². The maximum Gasteiger partial charge on any atom is 0.329 e. The summed E-state index contributed by atoms with van der Waals surface area (Å²) in [6.45, 7) is 0.901. The van der Waals surface area contributed by atoms with Gasteiger partial charge in [0.25, 0.3) is 0 Å². The van der Waals surface area contributed by atoms with Gasteiger partial charge >= 0.3 is 5.97 Å². The average molecular weight is 401 g/mol. The molecule has 2 aliphatic rings. The summed E-state index contributed by atoms with van der Waals surface area (Å²) in [6, 6.07) is 3.57. The predicted octanol–water partition coefficient (Wildman–Crippen LogP) is 1.77. The largest absolute Gasteiger partial charge is 0.497 e. The van der Waals surface area contributed by atoms with E-state index in [-0.39, 0.29) is 17.4 Å². The molecule has 0 aromatic heterocycles. The molecule has 154 valence electrons. The van der Waals surface area contributed by atoms with Crippen LogP contribution in [0.2, 0.25) is 0 Å². The summed E-state index contributed by atoms with van der Waals surface area (Å²) in [4.78, 5) is 51.0. The van der Waals surface area contributed by atoms with Crippen molar-refractivity contribution in [2.75, 3.05) is 20.8 Å². The van der Waals surface area contributed by atoms with E-state index in [9.17, 15) is 19.2 Å². The maximum atomic E-state index is 12.6. The monoisotopic (exact) mass is 401 g/mol. The van der Waals surface area contributed by atoms with E-state index in [0.29, 0.717) is 24.3 Å². The van der Waals surface area contributed by atoms with Crippen molar-refractivity contribution in [3.63, 3.8) is 0 Å². The zero-order chi connectivity index (χ0) is 21.1. The first kappa shape index (κ1) is 20.6. The fourth-order valence-electron chi connectivity index (χ4n) is 3.68. The summed E-state index contributed by atoms with van der Waals surface area (Å²) in [5, 5.41) is 0. The van der Waals surface area contributed by atoms with E-state index in [1.54, 1.807) is 12.1 Å². The van der Waals surface area contributed by atoms with Gasteiger partial charge in [-0.3, -0.25) is 19.3 Å². The average Bonchev–Trinajstić information content (AvgIpc) is 3.01. The summed E-state index contributed by atoms with van der Waals surface area (Å²) in [5.74, 6) is -2.04. The van der Waals surface area contributed by atoms with Crippen molar-refractivity contribution >= 4 is 23.6 Å². The Morgan fingerprint density at radius 3 is 2.24 bits per heavy atom. The van der Waals surface area contributed by atoms with Gasteiger partial charge in [0, 0.05) is 6.07 Å². The summed E-state index contributed by atoms with van der Waals surface area (Å²) in [6.07, 6.45) is 4.73. The highest BCUT2D eigenvalue weighted by molar-refractivity contribution is 6.08. The Balaban J connectivity index is 1.64. The SMILES string of the molecule is COc1ccc(C(=O)COC(=O)[C@H](C)N2C(=O)[C@@H]3CC=CC[C@H]3C2=O)c(OC)c1. The number of hydrogen-bond acceptors (Lipinski definition) is 7. The fourth-order valence-corrected chi connectivity index (χ4v) is 3.68. The molecule has 0 bridgehead atoms. The molecule has 8 heteroatoms. The second-order valence-corrected chi connectivity index (χ2v) is 6.98. The van der Waals surface area contributed by atoms with Gasteiger partial charge in [-0.2, -0.15) is 0 Å². The molecule has 8 nitrogen and oxygen atoms in total. The van der Waals surface area contributed by atoms with Crippen molar-refractivity contribution in [2.24, 2.45) is 11.8 Å². The predicted molar refractivity (Wildman–Crippen MR) is 102 cm³/mol. The number of allylic oxidation sites excluding steroid dienone is 2. The first-order chi connectivity index (χ1) is 13.9. The van der Waals surface area contributed by atoms with Crippen molar-refractivity contribution < 1.29 is 33.4 Å². The van der Waals surface area contributed by atoms with Crippen LogP contribution < -0.4 is 9.47 Å². The number of fused-ring (bicyclic) bond motifs is 1. The molecule has 3 atom stereocenters. The first-order valence-corrected chi connectivity index (χ1v) is 9.32. The standard InChI is InChI=1S/C21H23NO7/c1-12(22-19(24)14-6-4-5-7-15(14)20(22)25)21(26)29-11-17(23)16-9-8-13(27-2)10-18(16)28-3/h4-5,8-10,12,14-15H,6-7,11H2,1-3H3/t12-,14+,15+/m0/s1. The molecule has 0 saturated carbocycles. The van der Waals surface area contributed by atoms with Gasteiger partial charge in [0.2, 0.25) is 17.6 Å². The van der Waals surface area contributed by atoms with Gasteiger partial charge in [-0.1, -0.05) is 12.2 Å². The molecular weight excluding hydrogens is 378 g/mol. The van der Waals surface area contributed by atoms with Crippen molar-refractivity contribution in [3.8, 4) is 11.5 Å². The number of ether oxygens (including phenoxy) is 3. The molecule has 29 heavy (non-hydrogen) atoms. The van der Waals surface area contributed by atoms with Crippen LogP contribution in [0.5, 0.6) is 11.5 Å². The van der Waals surface area contributed by atoms with Gasteiger partial charge in [-0.05, 0) is 31.9 Å². The third-order valence-corrected chi connectivity index (χ3v) is 5.32. The second-order valence-electron chi connectivity index (χ2n) is 6.98. The van der Waals surface area contributed by atoms with Crippen molar-refractivity contribution in [1.82, 2.24) is 4.90 Å². The normalized spacial score (nSPS) is 21.6. The van der Waals surface area contributed by atoms with Crippen LogP contribution in [-0.2, 0) is 19.1 Å². The smallest absolute Gasteiger partial charge is 0.329 e. The maximum absolute atomic E-state index is 12.6. The molecule has 1 heterocycles. The molecule has 1 aliphatic carbocycles. The van der Waals surface area contributed by atoms with E-state index < -0.39 is 36.2 Å². The number of likely N-dealkylation sites (tertiary alicyclic amines) is 1. The minimum absolute atomic E-state index is 0.235. The molecule has 2 amide bonds. The number of esters is 1. The minimum Gasteiger partial charge on any atom is -0.497 e. The molecule has 0 spiro atoms. The summed E-state index contributed by atoms with van der Waals surface area (Å²) in [5.41, 5.74) is 0.235. The molecule has 0 unspecified atom stereocenters. The van der Waals surface area contributed by atoms with E-state index >= 15 is 0 Å². The number of ketones is 1. The molecule has 1 aromatic rings. The van der Waals surface area contributed by atoms with E-state index in [0.717, 1.165) is 4.90 Å². The van der Waals surface area contributed by atoms with Crippen LogP contribution in [0.25, 0.3) is 0 Å². The Morgan fingerprint density at radius 2 is 1.69 bits per heavy atom. The minimum atomic E-state index is -1.09. The quantitative estimate of drug-likeness (QED) is 0.297. The number of Topliss-reactive ketones (excluding diaryl/α,β-unsaturated/α-hetero) is 1. The molecule has 0 radical (unpaired) electrons. The van der Waals surface area contributed by atoms with E-state index in [4.69, 9.17) is 14.2 Å². The fraction of sp³-hybridized carbons (Fsp3) is 0.429. The van der Waals surface area contributed by atoms with Crippen LogP contribution in [0.4, 0.5) is 0 Å². The van der Waals surface area contributed by atoms with Crippen molar-refractivity contribution in [3.05, 3.63) is 35.9 Å².